The molecule has 0 radical (unpaired) electrons. The molecule has 0 fully saturated rings. The van der Waals surface area contributed by atoms with E-state index in [0.29, 0.717) is 17.9 Å². The molecule has 27 heavy (non-hydrogen) atoms. The van der Waals surface area contributed by atoms with Gasteiger partial charge in [0.1, 0.15) is 11.4 Å². The number of hydrazine groups is 1. The van der Waals surface area contributed by atoms with Gasteiger partial charge in [-0.3, -0.25) is 15.1 Å². The number of carbonyl (C=O) groups excluding carboxylic acids is 2. The normalized spacial score (nSPS) is 13.6. The van der Waals surface area contributed by atoms with Crippen molar-refractivity contribution in [3.63, 3.8) is 0 Å². The van der Waals surface area contributed by atoms with Gasteiger partial charge in [-0.2, -0.15) is 0 Å². The van der Waals surface area contributed by atoms with E-state index in [1.54, 1.807) is 41.6 Å². The number of nitrogens with zero attached hydrogens (tertiary/aromatic N) is 3. The van der Waals surface area contributed by atoms with E-state index in [1.807, 2.05) is 13.0 Å². The summed E-state index contributed by atoms with van der Waals surface area (Å²) in [6.45, 7) is 2.62. The lowest BCUT2D eigenvalue weighted by Crippen LogP contribution is -2.54. The Morgan fingerprint density at radius 1 is 1.37 bits per heavy atom. The van der Waals surface area contributed by atoms with Crippen molar-refractivity contribution in [2.45, 2.75) is 13.5 Å². The van der Waals surface area contributed by atoms with E-state index < -0.39 is 0 Å². The van der Waals surface area contributed by atoms with Crippen molar-refractivity contribution in [2.75, 3.05) is 18.6 Å². The monoisotopic (exact) mass is 365 g/mol. The van der Waals surface area contributed by atoms with Gasteiger partial charge in [0.15, 0.2) is 0 Å². The van der Waals surface area contributed by atoms with Gasteiger partial charge in [-0.15, -0.1) is 0 Å². The number of benzene rings is 1. The highest BCUT2D eigenvalue weighted by molar-refractivity contribution is 6.05. The van der Waals surface area contributed by atoms with Gasteiger partial charge in [-0.1, -0.05) is 6.07 Å². The molecule has 1 aliphatic rings. The zero-order valence-electron chi connectivity index (χ0n) is 15.0. The van der Waals surface area contributed by atoms with Crippen LogP contribution in [0, 0.1) is 0 Å². The summed E-state index contributed by atoms with van der Waals surface area (Å²) in [5, 5.41) is 2.20. The van der Waals surface area contributed by atoms with E-state index >= 15 is 0 Å². The molecule has 1 aromatic carbocycles. The molecule has 0 saturated carbocycles. The SMILES string of the molecule is CCN1C(=O)N(NC(=O)c2cccc(OC)c2)Cc2cnc3[nH]ccc3c21. The number of anilines is 1. The standard InChI is InChI=1S/C19H19N5O3/c1-3-23-16-13(10-21-17-15(16)7-8-20-17)11-24(19(23)26)22-18(25)12-5-4-6-14(9-12)27-2/h4-10H,3,11H2,1-2H3,(H,20,21)(H,22,25). The number of aromatic amines is 1. The number of nitrogens with one attached hydrogen (secondary N) is 2. The lowest BCUT2D eigenvalue weighted by atomic mass is 10.1. The predicted octanol–water partition coefficient (Wildman–Crippen LogP) is 2.68. The third-order valence-corrected chi connectivity index (χ3v) is 4.58. The van der Waals surface area contributed by atoms with Crippen LogP contribution in [0.25, 0.3) is 11.0 Å². The Kier molecular flexibility index (Phi) is 4.15. The van der Waals surface area contributed by atoms with Gasteiger partial charge in [-0.05, 0) is 31.2 Å². The van der Waals surface area contributed by atoms with Crippen molar-refractivity contribution < 1.29 is 14.3 Å². The van der Waals surface area contributed by atoms with E-state index in [9.17, 15) is 9.59 Å². The molecule has 0 aliphatic carbocycles. The molecule has 3 heterocycles. The minimum absolute atomic E-state index is 0.245. The third kappa shape index (κ3) is 2.84. The highest BCUT2D eigenvalue weighted by Gasteiger charge is 2.32. The average Bonchev–Trinajstić information content (AvgIpc) is 3.17. The zero-order chi connectivity index (χ0) is 19.0. The summed E-state index contributed by atoms with van der Waals surface area (Å²) in [5.74, 6) is 0.199. The zero-order valence-corrected chi connectivity index (χ0v) is 15.0. The second-order valence-corrected chi connectivity index (χ2v) is 6.16. The molecule has 8 nitrogen and oxygen atoms in total. The summed E-state index contributed by atoms with van der Waals surface area (Å²) in [4.78, 5) is 34.7. The molecule has 0 atom stereocenters. The number of amides is 3. The van der Waals surface area contributed by atoms with E-state index in [0.717, 1.165) is 22.3 Å². The molecule has 0 spiro atoms. The fraction of sp³-hybridized carbons (Fsp3) is 0.211. The van der Waals surface area contributed by atoms with Crippen molar-refractivity contribution in [3.05, 3.63) is 53.9 Å². The van der Waals surface area contributed by atoms with Gasteiger partial charge in [-0.25, -0.2) is 14.8 Å². The number of hydrogen-bond donors (Lipinski definition) is 2. The Hall–Kier alpha value is -3.55. The second kappa shape index (κ2) is 6.64. The lowest BCUT2D eigenvalue weighted by Gasteiger charge is -2.36. The molecule has 138 valence electrons. The van der Waals surface area contributed by atoms with Crippen LogP contribution < -0.4 is 15.1 Å². The Labute approximate surface area is 155 Å². The number of fused-ring (bicyclic) bond motifs is 3. The first kappa shape index (κ1) is 16.9. The van der Waals surface area contributed by atoms with Gasteiger partial charge in [0, 0.05) is 35.5 Å². The molecule has 8 heteroatoms. The smallest absolute Gasteiger partial charge is 0.343 e. The summed E-state index contributed by atoms with van der Waals surface area (Å²) in [7, 11) is 1.54. The van der Waals surface area contributed by atoms with Crippen molar-refractivity contribution in [2.24, 2.45) is 0 Å². The topological polar surface area (TPSA) is 90.6 Å². The molecule has 0 unspecified atom stereocenters. The molecule has 3 amide bonds. The first-order valence-corrected chi connectivity index (χ1v) is 8.61. The number of H-pyrrole nitrogens is 1. The fourth-order valence-corrected chi connectivity index (χ4v) is 3.28. The van der Waals surface area contributed by atoms with Crippen LogP contribution in [0.4, 0.5) is 10.5 Å². The largest absolute Gasteiger partial charge is 0.497 e. The minimum Gasteiger partial charge on any atom is -0.497 e. The van der Waals surface area contributed by atoms with Crippen LogP contribution in [0.1, 0.15) is 22.8 Å². The van der Waals surface area contributed by atoms with Crippen LogP contribution in [0.15, 0.2) is 42.7 Å². The Morgan fingerprint density at radius 2 is 2.22 bits per heavy atom. The van der Waals surface area contributed by atoms with Crippen LogP contribution in [0.2, 0.25) is 0 Å². The van der Waals surface area contributed by atoms with Crippen LogP contribution >= 0.6 is 0 Å². The van der Waals surface area contributed by atoms with Crippen molar-refractivity contribution in [1.29, 1.82) is 0 Å². The molecule has 4 rings (SSSR count). The number of methoxy groups -OCH3 is 1. The number of rotatable bonds is 4. The highest BCUT2D eigenvalue weighted by Crippen LogP contribution is 2.33. The maximum atomic E-state index is 13.0. The molecular formula is C19H19N5O3. The van der Waals surface area contributed by atoms with E-state index in [-0.39, 0.29) is 18.5 Å². The number of pyridine rings is 1. The van der Waals surface area contributed by atoms with Crippen LogP contribution in [0.5, 0.6) is 5.75 Å². The van der Waals surface area contributed by atoms with Gasteiger partial charge in [0.25, 0.3) is 5.91 Å². The van der Waals surface area contributed by atoms with Crippen molar-refractivity contribution in [1.82, 2.24) is 20.4 Å². The van der Waals surface area contributed by atoms with Gasteiger partial charge in [0.2, 0.25) is 0 Å². The van der Waals surface area contributed by atoms with Crippen LogP contribution in [-0.4, -0.2) is 40.6 Å². The third-order valence-electron chi connectivity index (χ3n) is 4.58. The summed E-state index contributed by atoms with van der Waals surface area (Å²) in [6, 6.07) is 8.40. The number of carbonyl (C=O) groups is 2. The molecule has 0 saturated heterocycles. The summed E-state index contributed by atoms with van der Waals surface area (Å²) >= 11 is 0. The summed E-state index contributed by atoms with van der Waals surface area (Å²) in [6.07, 6.45) is 3.53. The molecule has 2 aromatic heterocycles. The summed E-state index contributed by atoms with van der Waals surface area (Å²) < 4.78 is 5.15. The first-order chi connectivity index (χ1) is 13.1. The van der Waals surface area contributed by atoms with Gasteiger partial charge < -0.3 is 9.72 Å². The Bertz CT molecular complexity index is 1030. The van der Waals surface area contributed by atoms with E-state index in [1.165, 1.54) is 12.1 Å². The number of ether oxygens (including phenoxy) is 1. The molecule has 0 bridgehead atoms. The predicted molar refractivity (Wildman–Crippen MR) is 101 cm³/mol. The van der Waals surface area contributed by atoms with Gasteiger partial charge in [0.05, 0.1) is 19.3 Å². The van der Waals surface area contributed by atoms with E-state index in [2.05, 4.69) is 15.4 Å². The molecule has 2 N–H and O–H groups in total. The highest BCUT2D eigenvalue weighted by atomic mass is 16.5. The minimum atomic E-state index is -0.377. The molecule has 1 aliphatic heterocycles. The number of urea groups is 1. The fourth-order valence-electron chi connectivity index (χ4n) is 3.28. The summed E-state index contributed by atoms with van der Waals surface area (Å²) in [5.41, 5.74) is 5.54. The Morgan fingerprint density at radius 3 is 3.00 bits per heavy atom. The van der Waals surface area contributed by atoms with Gasteiger partial charge >= 0.3 is 6.03 Å². The number of aromatic nitrogens is 2. The number of hydrogen-bond acceptors (Lipinski definition) is 4. The van der Waals surface area contributed by atoms with Crippen molar-refractivity contribution >= 4 is 28.7 Å². The maximum absolute atomic E-state index is 13.0. The van der Waals surface area contributed by atoms with E-state index in [4.69, 9.17) is 4.74 Å². The molecule has 3 aromatic rings. The lowest BCUT2D eigenvalue weighted by molar-refractivity contribution is 0.0818. The molecular weight excluding hydrogens is 346 g/mol. The quantitative estimate of drug-likeness (QED) is 0.744. The first-order valence-electron chi connectivity index (χ1n) is 8.61. The average molecular weight is 365 g/mol. The maximum Gasteiger partial charge on any atom is 0.343 e. The second-order valence-electron chi connectivity index (χ2n) is 6.16. The Balaban J connectivity index is 1.64. The van der Waals surface area contributed by atoms with Crippen LogP contribution in [0.3, 0.4) is 0 Å². The van der Waals surface area contributed by atoms with Crippen molar-refractivity contribution in [3.8, 4) is 5.75 Å². The van der Waals surface area contributed by atoms with Crippen LogP contribution in [-0.2, 0) is 6.54 Å².